The number of H-pyrrole nitrogens is 2. The Bertz CT molecular complexity index is 578. The number of rotatable bonds is 3. The van der Waals surface area contributed by atoms with Gasteiger partial charge in [0.25, 0.3) is 0 Å². The molecule has 90 valence electrons. The SMILES string of the molecule is Brc1ccccc1C(c1ccc[nH]1)c1ccc[nH]1. The van der Waals surface area contributed by atoms with Gasteiger partial charge in [-0.1, -0.05) is 34.1 Å². The van der Waals surface area contributed by atoms with Crippen molar-refractivity contribution in [1.82, 2.24) is 9.97 Å². The highest BCUT2D eigenvalue weighted by atomic mass is 79.9. The summed E-state index contributed by atoms with van der Waals surface area (Å²) in [6, 6.07) is 16.6. The Morgan fingerprint density at radius 1 is 0.778 bits per heavy atom. The molecule has 0 bridgehead atoms. The van der Waals surface area contributed by atoms with Crippen LogP contribution in [0.2, 0.25) is 0 Å². The first-order valence-corrected chi connectivity index (χ1v) is 6.66. The molecule has 2 heterocycles. The summed E-state index contributed by atoms with van der Waals surface area (Å²) in [4.78, 5) is 6.62. The first kappa shape index (κ1) is 11.4. The van der Waals surface area contributed by atoms with Crippen molar-refractivity contribution in [2.45, 2.75) is 5.92 Å². The van der Waals surface area contributed by atoms with Gasteiger partial charge in [-0.2, -0.15) is 0 Å². The third kappa shape index (κ3) is 2.02. The Morgan fingerprint density at radius 3 is 1.89 bits per heavy atom. The van der Waals surface area contributed by atoms with Crippen LogP contribution in [-0.2, 0) is 0 Å². The maximum atomic E-state index is 3.64. The first-order valence-electron chi connectivity index (χ1n) is 5.87. The lowest BCUT2D eigenvalue weighted by molar-refractivity contribution is 0.893. The van der Waals surface area contributed by atoms with Crippen LogP contribution in [0.5, 0.6) is 0 Å². The zero-order chi connectivity index (χ0) is 12.4. The fourth-order valence-electron chi connectivity index (χ4n) is 2.26. The molecule has 3 heteroatoms. The van der Waals surface area contributed by atoms with Crippen LogP contribution in [0.25, 0.3) is 0 Å². The van der Waals surface area contributed by atoms with E-state index in [9.17, 15) is 0 Å². The average molecular weight is 301 g/mol. The third-order valence-electron chi connectivity index (χ3n) is 3.08. The van der Waals surface area contributed by atoms with Gasteiger partial charge < -0.3 is 9.97 Å². The number of nitrogens with one attached hydrogen (secondary N) is 2. The highest BCUT2D eigenvalue weighted by Gasteiger charge is 2.20. The van der Waals surface area contributed by atoms with Crippen LogP contribution < -0.4 is 0 Å². The van der Waals surface area contributed by atoms with Crippen molar-refractivity contribution in [1.29, 1.82) is 0 Å². The molecule has 0 unspecified atom stereocenters. The molecular formula is C15H13BrN2. The molecule has 0 spiro atoms. The summed E-state index contributed by atoms with van der Waals surface area (Å²) in [5.41, 5.74) is 3.62. The molecule has 0 fully saturated rings. The van der Waals surface area contributed by atoms with Crippen LogP contribution in [0.3, 0.4) is 0 Å². The largest absolute Gasteiger partial charge is 0.364 e. The molecule has 2 nitrogen and oxygen atoms in total. The summed E-state index contributed by atoms with van der Waals surface area (Å²) in [5, 5.41) is 0. The van der Waals surface area contributed by atoms with Gasteiger partial charge in [-0.05, 0) is 35.9 Å². The summed E-state index contributed by atoms with van der Waals surface area (Å²) < 4.78 is 1.12. The summed E-state index contributed by atoms with van der Waals surface area (Å²) in [7, 11) is 0. The second-order valence-corrected chi connectivity index (χ2v) is 5.06. The maximum absolute atomic E-state index is 3.64. The topological polar surface area (TPSA) is 31.6 Å². The normalized spacial score (nSPS) is 11.0. The van der Waals surface area contributed by atoms with E-state index in [4.69, 9.17) is 0 Å². The third-order valence-corrected chi connectivity index (χ3v) is 3.80. The second kappa shape index (κ2) is 4.86. The highest BCUT2D eigenvalue weighted by Crippen LogP contribution is 2.34. The number of aromatic nitrogens is 2. The molecule has 3 rings (SSSR count). The van der Waals surface area contributed by atoms with E-state index in [0.29, 0.717) is 0 Å². The molecular weight excluding hydrogens is 288 g/mol. The van der Waals surface area contributed by atoms with Crippen LogP contribution in [0, 0.1) is 0 Å². The summed E-state index contributed by atoms with van der Waals surface area (Å²) in [5.74, 6) is 0.200. The van der Waals surface area contributed by atoms with Crippen molar-refractivity contribution in [3.63, 3.8) is 0 Å². The van der Waals surface area contributed by atoms with Crippen LogP contribution in [-0.4, -0.2) is 9.97 Å². The van der Waals surface area contributed by atoms with Crippen molar-refractivity contribution in [2.24, 2.45) is 0 Å². The minimum Gasteiger partial charge on any atom is -0.364 e. The summed E-state index contributed by atoms with van der Waals surface area (Å²) in [6.07, 6.45) is 3.92. The minimum atomic E-state index is 0.200. The van der Waals surface area contributed by atoms with Crippen LogP contribution in [0.4, 0.5) is 0 Å². The van der Waals surface area contributed by atoms with Gasteiger partial charge in [0.2, 0.25) is 0 Å². The van der Waals surface area contributed by atoms with Crippen LogP contribution >= 0.6 is 15.9 Å². The van der Waals surface area contributed by atoms with Gasteiger partial charge >= 0.3 is 0 Å². The van der Waals surface area contributed by atoms with Crippen LogP contribution in [0.15, 0.2) is 65.4 Å². The van der Waals surface area contributed by atoms with Crippen molar-refractivity contribution >= 4 is 15.9 Å². The van der Waals surface area contributed by atoms with Crippen molar-refractivity contribution in [2.75, 3.05) is 0 Å². The number of hydrogen-bond donors (Lipinski definition) is 2. The molecule has 18 heavy (non-hydrogen) atoms. The molecule has 0 saturated carbocycles. The molecule has 0 amide bonds. The molecule has 2 N–H and O–H groups in total. The smallest absolute Gasteiger partial charge is 0.0652 e. The second-order valence-electron chi connectivity index (χ2n) is 4.21. The molecule has 0 radical (unpaired) electrons. The van der Waals surface area contributed by atoms with Gasteiger partial charge in [-0.3, -0.25) is 0 Å². The molecule has 0 aliphatic heterocycles. The molecule has 0 aliphatic rings. The van der Waals surface area contributed by atoms with E-state index in [1.165, 1.54) is 17.0 Å². The predicted molar refractivity (Wildman–Crippen MR) is 76.7 cm³/mol. The zero-order valence-corrected chi connectivity index (χ0v) is 11.3. The van der Waals surface area contributed by atoms with E-state index in [1.807, 2.05) is 30.6 Å². The number of halogens is 1. The fourth-order valence-corrected chi connectivity index (χ4v) is 2.77. The molecule has 0 atom stereocenters. The maximum Gasteiger partial charge on any atom is 0.0652 e. The Kier molecular flexibility index (Phi) is 3.07. The van der Waals surface area contributed by atoms with Gasteiger partial charge in [0.15, 0.2) is 0 Å². The van der Waals surface area contributed by atoms with Gasteiger partial charge in [0.05, 0.1) is 5.92 Å². The lowest BCUT2D eigenvalue weighted by Crippen LogP contribution is -2.04. The number of benzene rings is 1. The molecule has 0 aliphatic carbocycles. The molecule has 0 saturated heterocycles. The Labute approximate surface area is 114 Å². The van der Waals surface area contributed by atoms with E-state index in [-0.39, 0.29) is 5.92 Å². The van der Waals surface area contributed by atoms with Gasteiger partial charge in [0.1, 0.15) is 0 Å². The monoisotopic (exact) mass is 300 g/mol. The van der Waals surface area contributed by atoms with Gasteiger partial charge in [0, 0.05) is 28.3 Å². The standard InChI is InChI=1S/C15H13BrN2/c16-12-6-2-1-5-11(12)15(13-7-3-9-17-13)14-8-4-10-18-14/h1-10,15,17-18H. The van der Waals surface area contributed by atoms with Crippen LogP contribution in [0.1, 0.15) is 22.9 Å². The first-order chi connectivity index (χ1) is 8.86. The Balaban J connectivity index is 2.15. The summed E-state index contributed by atoms with van der Waals surface area (Å²) in [6.45, 7) is 0. The minimum absolute atomic E-state index is 0.200. The summed E-state index contributed by atoms with van der Waals surface area (Å²) >= 11 is 3.64. The van der Waals surface area contributed by atoms with E-state index < -0.39 is 0 Å². The highest BCUT2D eigenvalue weighted by molar-refractivity contribution is 9.10. The fraction of sp³-hybridized carbons (Fsp3) is 0.0667. The lowest BCUT2D eigenvalue weighted by atomic mass is 9.93. The molecule has 2 aromatic heterocycles. The Morgan fingerprint density at radius 2 is 1.39 bits per heavy atom. The zero-order valence-electron chi connectivity index (χ0n) is 9.73. The van der Waals surface area contributed by atoms with E-state index in [2.05, 4.69) is 56.2 Å². The average Bonchev–Trinajstić information content (AvgIpc) is 3.05. The Hall–Kier alpha value is -1.74. The number of aromatic amines is 2. The molecule has 1 aromatic carbocycles. The van der Waals surface area contributed by atoms with Gasteiger partial charge in [-0.15, -0.1) is 0 Å². The van der Waals surface area contributed by atoms with Crippen molar-refractivity contribution in [3.8, 4) is 0 Å². The quantitative estimate of drug-likeness (QED) is 0.723. The van der Waals surface area contributed by atoms with Crippen molar-refractivity contribution in [3.05, 3.63) is 82.3 Å². The predicted octanol–water partition coefficient (Wildman–Crippen LogP) is 4.29. The van der Waals surface area contributed by atoms with Gasteiger partial charge in [-0.25, -0.2) is 0 Å². The number of hydrogen-bond acceptors (Lipinski definition) is 0. The molecule has 3 aromatic rings. The van der Waals surface area contributed by atoms with Crippen molar-refractivity contribution < 1.29 is 0 Å². The van der Waals surface area contributed by atoms with E-state index in [1.54, 1.807) is 0 Å². The van der Waals surface area contributed by atoms with E-state index in [0.717, 1.165) is 4.47 Å². The van der Waals surface area contributed by atoms with E-state index >= 15 is 0 Å². The lowest BCUT2D eigenvalue weighted by Gasteiger charge is -2.16.